The van der Waals surface area contributed by atoms with Crippen molar-refractivity contribution in [2.24, 2.45) is 0 Å². The summed E-state index contributed by atoms with van der Waals surface area (Å²) in [5.74, 6) is -4.13. The van der Waals surface area contributed by atoms with Crippen LogP contribution < -0.4 is 5.32 Å². The maximum atomic E-state index is 13.0. The molecule has 0 aromatic heterocycles. The van der Waals surface area contributed by atoms with Crippen LogP contribution in [0.3, 0.4) is 0 Å². The summed E-state index contributed by atoms with van der Waals surface area (Å²) in [4.78, 5) is 22.6. The number of hydrogen-bond donors (Lipinski definition) is 3. The monoisotopic (exact) mass is 287 g/mol. The number of carboxylic acid groups (broad SMARTS) is 1. The van der Waals surface area contributed by atoms with Gasteiger partial charge in [-0.3, -0.25) is 4.79 Å². The molecule has 0 bridgehead atoms. The first-order valence-corrected chi connectivity index (χ1v) is 6.02. The minimum Gasteiger partial charge on any atom is -0.480 e. The standard InChI is InChI=1S/C13H15F2NO4/c1-2-3-10(13(19)20)16-12(18)11(17)7-4-8(14)6-9(15)5-7/h4-6,10-11,17H,2-3H2,1H3,(H,16,18)(H,19,20)/t10-,11-/m0/s1. The van der Waals surface area contributed by atoms with Crippen LogP contribution in [-0.2, 0) is 9.59 Å². The van der Waals surface area contributed by atoms with E-state index >= 15 is 0 Å². The highest BCUT2D eigenvalue weighted by molar-refractivity contribution is 5.86. The highest BCUT2D eigenvalue weighted by Gasteiger charge is 2.24. The third-order valence-corrected chi connectivity index (χ3v) is 2.64. The van der Waals surface area contributed by atoms with Gasteiger partial charge >= 0.3 is 5.97 Å². The molecule has 20 heavy (non-hydrogen) atoms. The van der Waals surface area contributed by atoms with Crippen molar-refractivity contribution in [1.82, 2.24) is 5.32 Å². The molecule has 2 atom stereocenters. The molecule has 0 spiro atoms. The average molecular weight is 287 g/mol. The van der Waals surface area contributed by atoms with Gasteiger partial charge in [0.05, 0.1) is 0 Å². The summed E-state index contributed by atoms with van der Waals surface area (Å²) in [7, 11) is 0. The predicted molar refractivity (Wildman–Crippen MR) is 65.8 cm³/mol. The van der Waals surface area contributed by atoms with Gasteiger partial charge in [0, 0.05) is 6.07 Å². The van der Waals surface area contributed by atoms with Crippen LogP contribution in [0.4, 0.5) is 8.78 Å². The number of amides is 1. The Balaban J connectivity index is 2.82. The van der Waals surface area contributed by atoms with E-state index in [1.165, 1.54) is 0 Å². The van der Waals surface area contributed by atoms with Gasteiger partial charge in [0.25, 0.3) is 5.91 Å². The van der Waals surface area contributed by atoms with Crippen molar-refractivity contribution in [2.75, 3.05) is 0 Å². The Labute approximate surface area is 114 Å². The van der Waals surface area contributed by atoms with Crippen LogP contribution in [0.25, 0.3) is 0 Å². The van der Waals surface area contributed by atoms with Crippen molar-refractivity contribution in [2.45, 2.75) is 31.9 Å². The fourth-order valence-electron chi connectivity index (χ4n) is 1.68. The van der Waals surface area contributed by atoms with E-state index in [4.69, 9.17) is 5.11 Å². The number of hydrogen-bond acceptors (Lipinski definition) is 3. The molecular weight excluding hydrogens is 272 g/mol. The number of nitrogens with one attached hydrogen (secondary N) is 1. The molecule has 5 nitrogen and oxygen atoms in total. The number of aliphatic hydroxyl groups excluding tert-OH is 1. The number of halogens is 2. The van der Waals surface area contributed by atoms with Gasteiger partial charge in [0.2, 0.25) is 0 Å². The van der Waals surface area contributed by atoms with E-state index < -0.39 is 35.7 Å². The van der Waals surface area contributed by atoms with E-state index in [2.05, 4.69) is 5.32 Å². The molecule has 110 valence electrons. The summed E-state index contributed by atoms with van der Waals surface area (Å²) in [6, 6.07) is 1.07. The molecule has 0 fully saturated rings. The van der Waals surface area contributed by atoms with E-state index in [1.54, 1.807) is 6.92 Å². The first-order valence-electron chi connectivity index (χ1n) is 6.02. The van der Waals surface area contributed by atoms with Crippen molar-refractivity contribution >= 4 is 11.9 Å². The van der Waals surface area contributed by atoms with E-state index in [0.29, 0.717) is 12.5 Å². The smallest absolute Gasteiger partial charge is 0.326 e. The molecule has 3 N–H and O–H groups in total. The first-order chi connectivity index (χ1) is 9.35. The zero-order valence-corrected chi connectivity index (χ0v) is 10.8. The summed E-state index contributed by atoms with van der Waals surface area (Å²) < 4.78 is 26.0. The molecule has 0 heterocycles. The molecule has 0 aliphatic carbocycles. The van der Waals surface area contributed by atoms with Crippen molar-refractivity contribution in [3.8, 4) is 0 Å². The SMILES string of the molecule is CCC[C@H](NC(=O)[C@@H](O)c1cc(F)cc(F)c1)C(=O)O. The Hall–Kier alpha value is -2.02. The molecule has 1 aromatic carbocycles. The highest BCUT2D eigenvalue weighted by atomic mass is 19.1. The maximum Gasteiger partial charge on any atom is 0.326 e. The number of carbonyl (C=O) groups excluding carboxylic acids is 1. The summed E-state index contributed by atoms with van der Waals surface area (Å²) in [5, 5.41) is 20.7. The summed E-state index contributed by atoms with van der Waals surface area (Å²) in [5.41, 5.74) is -0.277. The molecule has 0 radical (unpaired) electrons. The molecular formula is C13H15F2NO4. The Morgan fingerprint density at radius 2 is 1.80 bits per heavy atom. The van der Waals surface area contributed by atoms with Gasteiger partial charge in [-0.25, -0.2) is 13.6 Å². The summed E-state index contributed by atoms with van der Waals surface area (Å²) in [6.07, 6.45) is -1.13. The maximum absolute atomic E-state index is 13.0. The van der Waals surface area contributed by atoms with Crippen molar-refractivity contribution in [3.63, 3.8) is 0 Å². The predicted octanol–water partition coefficient (Wildman–Crippen LogP) is 1.37. The number of rotatable bonds is 6. The molecule has 0 unspecified atom stereocenters. The Kier molecular flexibility index (Phi) is 5.57. The second-order valence-electron chi connectivity index (χ2n) is 4.29. The quantitative estimate of drug-likeness (QED) is 0.737. The van der Waals surface area contributed by atoms with Crippen molar-refractivity contribution < 1.29 is 28.6 Å². The zero-order valence-electron chi connectivity index (χ0n) is 10.8. The second-order valence-corrected chi connectivity index (χ2v) is 4.29. The van der Waals surface area contributed by atoms with Gasteiger partial charge in [-0.2, -0.15) is 0 Å². The van der Waals surface area contributed by atoms with Gasteiger partial charge in [-0.1, -0.05) is 13.3 Å². The van der Waals surface area contributed by atoms with Gasteiger partial charge in [-0.15, -0.1) is 0 Å². The fourth-order valence-corrected chi connectivity index (χ4v) is 1.68. The molecule has 1 rings (SSSR count). The number of benzene rings is 1. The topological polar surface area (TPSA) is 86.6 Å². The van der Waals surface area contributed by atoms with E-state index in [1.807, 2.05) is 0 Å². The third-order valence-electron chi connectivity index (χ3n) is 2.64. The molecule has 0 aliphatic heterocycles. The largest absolute Gasteiger partial charge is 0.480 e. The van der Waals surface area contributed by atoms with E-state index in [9.17, 15) is 23.5 Å². The van der Waals surface area contributed by atoms with Crippen LogP contribution in [-0.4, -0.2) is 28.1 Å². The van der Waals surface area contributed by atoms with Crippen LogP contribution in [0.5, 0.6) is 0 Å². The van der Waals surface area contributed by atoms with Gasteiger partial charge in [0.15, 0.2) is 6.10 Å². The van der Waals surface area contributed by atoms with Crippen LogP contribution in [0, 0.1) is 11.6 Å². The van der Waals surface area contributed by atoms with Crippen LogP contribution in [0.1, 0.15) is 31.4 Å². The zero-order chi connectivity index (χ0) is 15.3. The molecule has 0 saturated heterocycles. The van der Waals surface area contributed by atoms with Gasteiger partial charge < -0.3 is 15.5 Å². The lowest BCUT2D eigenvalue weighted by molar-refractivity contribution is -0.143. The normalized spacial score (nSPS) is 13.6. The summed E-state index contributed by atoms with van der Waals surface area (Å²) in [6.45, 7) is 1.74. The minimum absolute atomic E-state index is 0.186. The number of carbonyl (C=O) groups is 2. The molecule has 1 aromatic rings. The lowest BCUT2D eigenvalue weighted by Crippen LogP contribution is -2.43. The molecule has 0 saturated carbocycles. The number of aliphatic hydroxyl groups is 1. The van der Waals surface area contributed by atoms with Crippen molar-refractivity contribution in [3.05, 3.63) is 35.4 Å². The summed E-state index contributed by atoms with van der Waals surface area (Å²) >= 11 is 0. The molecule has 1 amide bonds. The Morgan fingerprint density at radius 3 is 2.25 bits per heavy atom. The van der Waals surface area contributed by atoms with Gasteiger partial charge in [0.1, 0.15) is 17.7 Å². The fraction of sp³-hybridized carbons (Fsp3) is 0.385. The Bertz CT molecular complexity index is 487. The van der Waals surface area contributed by atoms with Crippen molar-refractivity contribution in [1.29, 1.82) is 0 Å². The lowest BCUT2D eigenvalue weighted by Gasteiger charge is -2.17. The van der Waals surface area contributed by atoms with Gasteiger partial charge in [-0.05, 0) is 24.1 Å². The minimum atomic E-state index is -1.83. The first kappa shape index (κ1) is 16.0. The third kappa shape index (κ3) is 4.27. The number of aliphatic carboxylic acids is 1. The van der Waals surface area contributed by atoms with E-state index in [0.717, 1.165) is 12.1 Å². The highest BCUT2D eigenvalue weighted by Crippen LogP contribution is 2.17. The van der Waals surface area contributed by atoms with E-state index in [-0.39, 0.29) is 12.0 Å². The second kappa shape index (κ2) is 6.95. The molecule has 0 aliphatic rings. The average Bonchev–Trinajstić information content (AvgIpc) is 2.35. The van der Waals surface area contributed by atoms with Crippen LogP contribution in [0.2, 0.25) is 0 Å². The Morgan fingerprint density at radius 1 is 1.25 bits per heavy atom. The lowest BCUT2D eigenvalue weighted by atomic mass is 10.1. The molecule has 7 heteroatoms. The van der Waals surface area contributed by atoms with Crippen LogP contribution in [0.15, 0.2) is 18.2 Å². The number of carboxylic acids is 1. The van der Waals surface area contributed by atoms with Crippen LogP contribution >= 0.6 is 0 Å².